The lowest BCUT2D eigenvalue weighted by Crippen LogP contribution is -2.58. The first-order chi connectivity index (χ1) is 12.4. The van der Waals surface area contributed by atoms with E-state index in [9.17, 15) is 19.2 Å². The molecule has 0 spiro atoms. The second kappa shape index (κ2) is 9.94. The van der Waals surface area contributed by atoms with Crippen LogP contribution in [0.1, 0.15) is 0 Å². The summed E-state index contributed by atoms with van der Waals surface area (Å²) in [5.74, 6) is -3.49. The van der Waals surface area contributed by atoms with Crippen LogP contribution in [0.15, 0.2) is 50.6 Å². The lowest BCUT2D eigenvalue weighted by atomic mass is 10.0. The molecule has 0 amide bonds. The fourth-order valence-corrected chi connectivity index (χ4v) is 1.94. The van der Waals surface area contributed by atoms with Crippen LogP contribution < -0.4 is 0 Å². The Morgan fingerprint density at radius 2 is 1.12 bits per heavy atom. The van der Waals surface area contributed by atoms with Crippen molar-refractivity contribution >= 4 is 23.9 Å². The molecule has 1 aliphatic heterocycles. The van der Waals surface area contributed by atoms with Gasteiger partial charge < -0.3 is 23.7 Å². The first-order valence-corrected chi connectivity index (χ1v) is 7.30. The molecule has 1 aliphatic rings. The Bertz CT molecular complexity index is 568. The van der Waals surface area contributed by atoms with E-state index in [0.717, 1.165) is 24.3 Å². The van der Waals surface area contributed by atoms with Crippen molar-refractivity contribution in [2.24, 2.45) is 0 Å². The van der Waals surface area contributed by atoms with Crippen molar-refractivity contribution in [1.82, 2.24) is 0 Å². The van der Waals surface area contributed by atoms with Crippen LogP contribution in [-0.2, 0) is 42.9 Å². The minimum atomic E-state index is -1.44. The van der Waals surface area contributed by atoms with Gasteiger partial charge in [-0.1, -0.05) is 26.3 Å². The van der Waals surface area contributed by atoms with Crippen LogP contribution in [0.2, 0.25) is 0 Å². The van der Waals surface area contributed by atoms with Crippen molar-refractivity contribution in [3.05, 3.63) is 50.6 Å². The van der Waals surface area contributed by atoms with E-state index in [1.807, 2.05) is 0 Å². The predicted molar refractivity (Wildman–Crippen MR) is 86.3 cm³/mol. The van der Waals surface area contributed by atoms with Gasteiger partial charge in [0.15, 0.2) is 12.2 Å². The summed E-state index contributed by atoms with van der Waals surface area (Å²) in [6, 6.07) is 0. The van der Waals surface area contributed by atoms with E-state index in [-0.39, 0.29) is 6.61 Å². The average molecular weight is 366 g/mol. The molecule has 0 radical (unpaired) electrons. The Morgan fingerprint density at radius 3 is 1.62 bits per heavy atom. The molecule has 1 rings (SSSR count). The molecule has 26 heavy (non-hydrogen) atoms. The number of hydrogen-bond acceptors (Lipinski definition) is 9. The zero-order chi connectivity index (χ0) is 19.7. The number of carbonyl (C=O) groups excluding carboxylic acids is 4. The summed E-state index contributed by atoms with van der Waals surface area (Å²) >= 11 is 0. The molecule has 140 valence electrons. The smallest absolute Gasteiger partial charge is 0.332 e. The van der Waals surface area contributed by atoms with Gasteiger partial charge in [-0.05, 0) is 0 Å². The van der Waals surface area contributed by atoms with Gasteiger partial charge in [0.25, 0.3) is 0 Å². The molecular weight excluding hydrogens is 348 g/mol. The monoisotopic (exact) mass is 366 g/mol. The Kier molecular flexibility index (Phi) is 7.97. The van der Waals surface area contributed by atoms with Gasteiger partial charge in [0.1, 0.15) is 0 Å². The van der Waals surface area contributed by atoms with Gasteiger partial charge in [0, 0.05) is 24.3 Å². The molecule has 9 heteroatoms. The molecule has 0 aromatic carbocycles. The van der Waals surface area contributed by atoms with E-state index in [1.165, 1.54) is 0 Å². The van der Waals surface area contributed by atoms with Crippen LogP contribution in [0.25, 0.3) is 0 Å². The highest BCUT2D eigenvalue weighted by molar-refractivity contribution is 5.83. The van der Waals surface area contributed by atoms with Crippen molar-refractivity contribution in [3.8, 4) is 0 Å². The molecular formula is C17H18O9. The predicted octanol–water partition coefficient (Wildman–Crippen LogP) is 0.365. The molecule has 0 aromatic rings. The number of esters is 4. The fourth-order valence-electron chi connectivity index (χ4n) is 1.94. The third-order valence-electron chi connectivity index (χ3n) is 3.05. The number of rotatable bonds is 8. The molecule has 0 aromatic heterocycles. The Labute approximate surface area is 149 Å². The summed E-state index contributed by atoms with van der Waals surface area (Å²) in [6.07, 6.45) is -1.92. The second-order valence-electron chi connectivity index (χ2n) is 4.73. The SMILES string of the molecule is C=CC(=O)OC1COC(OC(=O)C=C)[C@@H](OC(=O)C=C)[C@@H]1OC(=O)C=C. The number of hydrogen-bond donors (Lipinski definition) is 0. The highest BCUT2D eigenvalue weighted by atomic mass is 16.7. The molecule has 1 heterocycles. The van der Waals surface area contributed by atoms with Crippen molar-refractivity contribution in [2.75, 3.05) is 6.61 Å². The van der Waals surface area contributed by atoms with E-state index in [1.54, 1.807) is 0 Å². The summed E-state index contributed by atoms with van der Waals surface area (Å²) in [6.45, 7) is 12.7. The number of ether oxygens (including phenoxy) is 5. The minimum Gasteiger partial charge on any atom is -0.453 e. The summed E-state index contributed by atoms with van der Waals surface area (Å²) in [5.41, 5.74) is 0. The highest BCUT2D eigenvalue weighted by Gasteiger charge is 2.48. The van der Waals surface area contributed by atoms with Crippen LogP contribution in [0.3, 0.4) is 0 Å². The molecule has 1 saturated heterocycles. The van der Waals surface area contributed by atoms with E-state index in [4.69, 9.17) is 23.7 Å². The van der Waals surface area contributed by atoms with Gasteiger partial charge in [-0.3, -0.25) is 0 Å². The van der Waals surface area contributed by atoms with E-state index < -0.39 is 48.5 Å². The largest absolute Gasteiger partial charge is 0.453 e. The Hall–Kier alpha value is -3.20. The normalized spacial score (nSPS) is 24.3. The minimum absolute atomic E-state index is 0.314. The van der Waals surface area contributed by atoms with Gasteiger partial charge in [0.05, 0.1) is 6.61 Å². The van der Waals surface area contributed by atoms with Crippen LogP contribution in [0.4, 0.5) is 0 Å². The van der Waals surface area contributed by atoms with Crippen LogP contribution in [0.5, 0.6) is 0 Å². The average Bonchev–Trinajstić information content (AvgIpc) is 2.65. The highest BCUT2D eigenvalue weighted by Crippen LogP contribution is 2.25. The lowest BCUT2D eigenvalue weighted by molar-refractivity contribution is -0.271. The molecule has 2 unspecified atom stereocenters. The maximum atomic E-state index is 11.6. The molecule has 1 fully saturated rings. The Morgan fingerprint density at radius 1 is 0.692 bits per heavy atom. The van der Waals surface area contributed by atoms with E-state index in [2.05, 4.69) is 26.3 Å². The molecule has 0 aliphatic carbocycles. The standard InChI is InChI=1S/C17H18O9/c1-5-11(18)23-10-9-22-17(26-14(21)8-4)16(25-13(20)7-3)15(10)24-12(19)6-2/h5-8,10,15-17H,1-4,9H2/t10?,15-,16+,17?/m1/s1. The third kappa shape index (κ3) is 5.71. The zero-order valence-corrected chi connectivity index (χ0v) is 13.8. The summed E-state index contributed by atoms with van der Waals surface area (Å²) in [7, 11) is 0. The van der Waals surface area contributed by atoms with E-state index in [0.29, 0.717) is 0 Å². The van der Waals surface area contributed by atoms with E-state index >= 15 is 0 Å². The molecule has 0 N–H and O–H groups in total. The Balaban J connectivity index is 3.18. The topological polar surface area (TPSA) is 114 Å². The van der Waals surface area contributed by atoms with Crippen LogP contribution in [-0.4, -0.2) is 55.1 Å². The first kappa shape index (κ1) is 20.8. The summed E-state index contributed by atoms with van der Waals surface area (Å²) in [4.78, 5) is 46.2. The molecule has 0 saturated carbocycles. The summed E-state index contributed by atoms with van der Waals surface area (Å²) < 4.78 is 25.5. The van der Waals surface area contributed by atoms with Crippen LogP contribution in [0, 0.1) is 0 Å². The van der Waals surface area contributed by atoms with Gasteiger partial charge in [0.2, 0.25) is 12.4 Å². The molecule has 9 nitrogen and oxygen atoms in total. The second-order valence-corrected chi connectivity index (χ2v) is 4.73. The molecule has 4 atom stereocenters. The zero-order valence-electron chi connectivity index (χ0n) is 13.8. The van der Waals surface area contributed by atoms with Crippen molar-refractivity contribution < 1.29 is 42.9 Å². The van der Waals surface area contributed by atoms with Gasteiger partial charge >= 0.3 is 23.9 Å². The maximum Gasteiger partial charge on any atom is 0.332 e. The first-order valence-electron chi connectivity index (χ1n) is 7.30. The lowest BCUT2D eigenvalue weighted by Gasteiger charge is -2.39. The third-order valence-corrected chi connectivity index (χ3v) is 3.05. The van der Waals surface area contributed by atoms with Gasteiger partial charge in [-0.15, -0.1) is 0 Å². The van der Waals surface area contributed by atoms with Crippen molar-refractivity contribution in [2.45, 2.75) is 24.6 Å². The van der Waals surface area contributed by atoms with Crippen molar-refractivity contribution in [1.29, 1.82) is 0 Å². The van der Waals surface area contributed by atoms with Crippen molar-refractivity contribution in [3.63, 3.8) is 0 Å². The molecule has 0 bridgehead atoms. The van der Waals surface area contributed by atoms with Gasteiger partial charge in [-0.25, -0.2) is 19.2 Å². The fraction of sp³-hybridized carbons (Fsp3) is 0.294. The van der Waals surface area contributed by atoms with Crippen LogP contribution >= 0.6 is 0 Å². The van der Waals surface area contributed by atoms with Gasteiger partial charge in [-0.2, -0.15) is 0 Å². The quantitative estimate of drug-likeness (QED) is 0.341. The summed E-state index contributed by atoms with van der Waals surface area (Å²) in [5, 5.41) is 0. The maximum absolute atomic E-state index is 11.6. The number of carbonyl (C=O) groups is 4.